The molecule has 0 spiro atoms. The van der Waals surface area contributed by atoms with Crippen LogP contribution >= 0.6 is 11.6 Å². The van der Waals surface area contributed by atoms with Crippen molar-refractivity contribution in [3.8, 4) is 0 Å². The minimum atomic E-state index is -2.96. The van der Waals surface area contributed by atoms with Crippen molar-refractivity contribution < 1.29 is 22.7 Å². The Morgan fingerprint density at radius 1 is 1.28 bits per heavy atom. The van der Waals surface area contributed by atoms with Gasteiger partial charge in [-0.2, -0.15) is 0 Å². The van der Waals surface area contributed by atoms with E-state index < -0.39 is 29.8 Å². The van der Waals surface area contributed by atoms with E-state index in [0.29, 0.717) is 26.1 Å². The van der Waals surface area contributed by atoms with E-state index >= 15 is 0 Å². The molecule has 0 radical (unpaired) electrons. The van der Waals surface area contributed by atoms with E-state index in [1.165, 1.54) is 29.8 Å². The maximum Gasteiger partial charge on any atom is 0.266 e. The lowest BCUT2D eigenvalue weighted by molar-refractivity contribution is 0.0685. The Kier molecular flexibility index (Phi) is 6.64. The monoisotopic (exact) mass is 428 g/mol. The fraction of sp³-hybridized carbons (Fsp3) is 0.400. The fourth-order valence-corrected chi connectivity index (χ4v) is 3.59. The molecular formula is C20H20ClF3N2O3. The summed E-state index contributed by atoms with van der Waals surface area (Å²) in [7, 11) is 0. The van der Waals surface area contributed by atoms with Gasteiger partial charge in [0.1, 0.15) is 5.82 Å². The molecule has 3 rings (SSSR count). The van der Waals surface area contributed by atoms with Crippen LogP contribution in [0.5, 0.6) is 0 Å². The molecule has 0 bridgehead atoms. The van der Waals surface area contributed by atoms with Gasteiger partial charge in [-0.15, -0.1) is 0 Å². The van der Waals surface area contributed by atoms with E-state index in [-0.39, 0.29) is 27.8 Å². The summed E-state index contributed by atoms with van der Waals surface area (Å²) in [6.07, 6.45) is -0.320. The molecule has 1 aliphatic rings. The van der Waals surface area contributed by atoms with Crippen LogP contribution in [0.4, 0.5) is 13.2 Å². The zero-order chi connectivity index (χ0) is 21.1. The number of benzene rings is 1. The molecule has 5 nitrogen and oxygen atoms in total. The first-order valence-electron chi connectivity index (χ1n) is 9.16. The van der Waals surface area contributed by atoms with Crippen LogP contribution in [0.3, 0.4) is 0 Å². The van der Waals surface area contributed by atoms with Crippen molar-refractivity contribution in [3.05, 3.63) is 68.3 Å². The Balaban J connectivity index is 1.85. The highest BCUT2D eigenvalue weighted by Crippen LogP contribution is 2.28. The molecule has 156 valence electrons. The van der Waals surface area contributed by atoms with Crippen LogP contribution in [-0.4, -0.2) is 23.7 Å². The summed E-state index contributed by atoms with van der Waals surface area (Å²) in [5.41, 5.74) is -1.07. The molecule has 1 N–H and O–H groups in total. The lowest BCUT2D eigenvalue weighted by Gasteiger charge is -2.25. The molecule has 9 heteroatoms. The van der Waals surface area contributed by atoms with Crippen LogP contribution in [0.15, 0.2) is 35.3 Å². The molecular weight excluding hydrogens is 409 g/mol. The average Bonchev–Trinajstić information content (AvgIpc) is 2.68. The summed E-state index contributed by atoms with van der Waals surface area (Å²) in [6, 6.07) is 3.80. The summed E-state index contributed by atoms with van der Waals surface area (Å²) < 4.78 is 46.9. The second-order valence-electron chi connectivity index (χ2n) is 6.87. The summed E-state index contributed by atoms with van der Waals surface area (Å²) in [6.45, 7) is 2.50. The predicted octanol–water partition coefficient (Wildman–Crippen LogP) is 4.42. The minimum Gasteiger partial charge on any atom is -0.381 e. The van der Waals surface area contributed by atoms with Crippen molar-refractivity contribution in [1.82, 2.24) is 9.88 Å². The summed E-state index contributed by atoms with van der Waals surface area (Å²) in [5.74, 6) is -1.70. The van der Waals surface area contributed by atoms with Crippen molar-refractivity contribution in [2.45, 2.75) is 38.3 Å². The van der Waals surface area contributed by atoms with E-state index in [0.717, 1.165) is 12.1 Å². The molecule has 29 heavy (non-hydrogen) atoms. The molecule has 1 aromatic carbocycles. The van der Waals surface area contributed by atoms with Crippen LogP contribution in [0.1, 0.15) is 59.8 Å². The number of aromatic nitrogens is 1. The smallest absolute Gasteiger partial charge is 0.266 e. The molecule has 1 fully saturated rings. The number of nitrogens with one attached hydrogen (secondary N) is 1. The lowest BCUT2D eigenvalue weighted by Crippen LogP contribution is -2.32. The largest absolute Gasteiger partial charge is 0.381 e. The third-order valence-electron chi connectivity index (χ3n) is 4.97. The number of nitrogens with zero attached hydrogens (tertiary/aromatic N) is 1. The minimum absolute atomic E-state index is 0.0372. The van der Waals surface area contributed by atoms with E-state index in [1.54, 1.807) is 0 Å². The third-order valence-corrected chi connectivity index (χ3v) is 5.28. The van der Waals surface area contributed by atoms with Gasteiger partial charge in [0.15, 0.2) is 0 Å². The number of carbonyl (C=O) groups is 1. The Hall–Kier alpha value is -2.32. The molecule has 1 aromatic heterocycles. The molecule has 1 aliphatic heterocycles. The van der Waals surface area contributed by atoms with Crippen LogP contribution in [0.25, 0.3) is 0 Å². The number of halogens is 4. The maximum atomic E-state index is 14.4. The summed E-state index contributed by atoms with van der Waals surface area (Å²) in [5, 5.41) is 2.52. The normalized spacial score (nSPS) is 16.1. The Labute approximate surface area is 170 Å². The van der Waals surface area contributed by atoms with E-state index in [9.17, 15) is 22.8 Å². The number of hydrogen-bond donors (Lipinski definition) is 1. The average molecular weight is 429 g/mol. The number of rotatable bonds is 5. The van der Waals surface area contributed by atoms with Gasteiger partial charge in [-0.3, -0.25) is 9.59 Å². The highest BCUT2D eigenvalue weighted by molar-refractivity contribution is 6.33. The van der Waals surface area contributed by atoms with Crippen molar-refractivity contribution in [2.24, 2.45) is 0 Å². The van der Waals surface area contributed by atoms with E-state index in [2.05, 4.69) is 5.32 Å². The first kappa shape index (κ1) is 21.4. The second kappa shape index (κ2) is 9.00. The van der Waals surface area contributed by atoms with Crippen molar-refractivity contribution >= 4 is 17.5 Å². The van der Waals surface area contributed by atoms with Crippen LogP contribution < -0.4 is 10.9 Å². The molecule has 0 saturated carbocycles. The van der Waals surface area contributed by atoms with Gasteiger partial charge in [-0.25, -0.2) is 13.2 Å². The summed E-state index contributed by atoms with van der Waals surface area (Å²) >= 11 is 6.09. The zero-order valence-corrected chi connectivity index (χ0v) is 16.4. The van der Waals surface area contributed by atoms with Crippen LogP contribution in [0.2, 0.25) is 5.02 Å². The molecule has 1 saturated heterocycles. The highest BCUT2D eigenvalue weighted by atomic mass is 35.5. The molecule has 1 atom stereocenters. The zero-order valence-electron chi connectivity index (χ0n) is 15.6. The number of alkyl halides is 2. The van der Waals surface area contributed by atoms with Gasteiger partial charge in [-0.1, -0.05) is 29.8 Å². The van der Waals surface area contributed by atoms with Crippen LogP contribution in [0, 0.1) is 5.82 Å². The molecule has 1 amide bonds. The quantitative estimate of drug-likeness (QED) is 0.766. The second-order valence-corrected chi connectivity index (χ2v) is 7.28. The topological polar surface area (TPSA) is 60.3 Å². The van der Waals surface area contributed by atoms with Gasteiger partial charge in [0.25, 0.3) is 17.9 Å². The van der Waals surface area contributed by atoms with Crippen molar-refractivity contribution in [2.75, 3.05) is 13.2 Å². The maximum absolute atomic E-state index is 14.4. The number of amides is 1. The van der Waals surface area contributed by atoms with Crippen LogP contribution in [-0.2, 0) is 4.74 Å². The molecule has 2 aromatic rings. The summed E-state index contributed by atoms with van der Waals surface area (Å²) in [4.78, 5) is 25.0. The number of ether oxygens (including phenoxy) is 1. The predicted molar refractivity (Wildman–Crippen MR) is 102 cm³/mol. The lowest BCUT2D eigenvalue weighted by atomic mass is 10.0. The van der Waals surface area contributed by atoms with Gasteiger partial charge in [0, 0.05) is 37.1 Å². The van der Waals surface area contributed by atoms with Gasteiger partial charge in [0.05, 0.1) is 22.2 Å². The van der Waals surface area contributed by atoms with E-state index in [1.807, 2.05) is 0 Å². The number of carbonyl (C=O) groups excluding carboxylic acids is 1. The van der Waals surface area contributed by atoms with E-state index in [4.69, 9.17) is 16.3 Å². The third kappa shape index (κ3) is 4.64. The van der Waals surface area contributed by atoms with Gasteiger partial charge >= 0.3 is 0 Å². The van der Waals surface area contributed by atoms with Crippen molar-refractivity contribution in [1.29, 1.82) is 0 Å². The SMILES string of the molecule is CC(NC(=O)c1cn(C2CCOCC2)c(=O)cc1Cl)c1cccc(C(F)F)c1F. The molecule has 1 unspecified atom stereocenters. The number of pyridine rings is 1. The fourth-order valence-electron chi connectivity index (χ4n) is 3.36. The first-order valence-corrected chi connectivity index (χ1v) is 9.54. The Bertz CT molecular complexity index is 958. The van der Waals surface area contributed by atoms with Gasteiger partial charge in [-0.05, 0) is 19.8 Å². The van der Waals surface area contributed by atoms with Gasteiger partial charge in [0.2, 0.25) is 0 Å². The number of hydrogen-bond acceptors (Lipinski definition) is 3. The highest BCUT2D eigenvalue weighted by Gasteiger charge is 2.23. The van der Waals surface area contributed by atoms with Gasteiger partial charge < -0.3 is 14.6 Å². The van der Waals surface area contributed by atoms with Crippen molar-refractivity contribution in [3.63, 3.8) is 0 Å². The molecule has 2 heterocycles. The Morgan fingerprint density at radius 3 is 2.59 bits per heavy atom. The standard InChI is InChI=1S/C20H20ClF3N2O3/c1-11(13-3-2-4-14(18(13)22)19(23)24)25-20(28)15-10-26(17(27)9-16(15)21)12-5-7-29-8-6-12/h2-4,9-12,19H,5-8H2,1H3,(H,25,28). The Morgan fingerprint density at radius 2 is 1.93 bits per heavy atom. The molecule has 0 aliphatic carbocycles. The first-order chi connectivity index (χ1) is 13.8.